The van der Waals surface area contributed by atoms with E-state index in [1.54, 1.807) is 12.1 Å². The van der Waals surface area contributed by atoms with Crippen LogP contribution in [0.5, 0.6) is 0 Å². The van der Waals surface area contributed by atoms with Gasteiger partial charge in [-0.3, -0.25) is 4.99 Å². The lowest BCUT2D eigenvalue weighted by Gasteiger charge is -2.26. The molecule has 1 heterocycles. The number of nitrogens with zero attached hydrogens (tertiary/aromatic N) is 2. The molecule has 1 N–H and O–H groups in total. The number of hydrogen-bond donors (Lipinski definition) is 1. The van der Waals surface area contributed by atoms with Crippen LogP contribution in [0.15, 0.2) is 29.3 Å². The van der Waals surface area contributed by atoms with E-state index in [9.17, 15) is 4.39 Å². The molecular weight excluding hydrogens is 317 g/mol. The first-order valence-electron chi connectivity index (χ1n) is 9.33. The van der Waals surface area contributed by atoms with Crippen molar-refractivity contribution in [2.45, 2.75) is 39.5 Å². The zero-order chi connectivity index (χ0) is 18.3. The summed E-state index contributed by atoms with van der Waals surface area (Å²) in [7, 11) is 0. The first-order chi connectivity index (χ1) is 12.0. The number of aliphatic imine (C=N–C) groups is 1. The minimum Gasteiger partial charge on any atom is -0.381 e. The fraction of sp³-hybridized carbons (Fsp3) is 0.650. The molecule has 5 heteroatoms. The topological polar surface area (TPSA) is 36.9 Å². The van der Waals surface area contributed by atoms with Crippen LogP contribution in [-0.4, -0.2) is 50.3 Å². The molecule has 0 bridgehead atoms. The molecular formula is C20H32FN3O. The molecule has 4 nitrogen and oxygen atoms in total. The Kier molecular flexibility index (Phi) is 7.24. The Morgan fingerprint density at radius 1 is 1.40 bits per heavy atom. The van der Waals surface area contributed by atoms with Gasteiger partial charge in [-0.05, 0) is 38.0 Å². The van der Waals surface area contributed by atoms with Crippen molar-refractivity contribution < 1.29 is 9.13 Å². The van der Waals surface area contributed by atoms with Gasteiger partial charge in [-0.25, -0.2) is 4.39 Å². The van der Waals surface area contributed by atoms with Gasteiger partial charge in [-0.15, -0.1) is 0 Å². The van der Waals surface area contributed by atoms with Crippen molar-refractivity contribution in [2.24, 2.45) is 10.9 Å². The predicted octanol–water partition coefficient (Wildman–Crippen LogP) is 3.43. The van der Waals surface area contributed by atoms with Gasteiger partial charge in [0, 0.05) is 37.6 Å². The second-order valence-corrected chi connectivity index (χ2v) is 7.32. The molecule has 25 heavy (non-hydrogen) atoms. The highest BCUT2D eigenvalue weighted by Gasteiger charge is 2.26. The van der Waals surface area contributed by atoms with E-state index in [0.29, 0.717) is 12.5 Å². The van der Waals surface area contributed by atoms with E-state index in [1.807, 2.05) is 13.0 Å². The van der Waals surface area contributed by atoms with Crippen LogP contribution in [0.4, 0.5) is 4.39 Å². The minimum absolute atomic E-state index is 0.195. The highest BCUT2D eigenvalue weighted by Crippen LogP contribution is 2.24. The Morgan fingerprint density at radius 2 is 2.20 bits per heavy atom. The van der Waals surface area contributed by atoms with Gasteiger partial charge in [0.2, 0.25) is 0 Å². The third-order valence-corrected chi connectivity index (χ3v) is 4.71. The van der Waals surface area contributed by atoms with Gasteiger partial charge in [0.25, 0.3) is 0 Å². The summed E-state index contributed by atoms with van der Waals surface area (Å²) in [6, 6.07) is 6.83. The molecule has 1 aliphatic heterocycles. The molecule has 1 atom stereocenters. The molecule has 0 radical (unpaired) electrons. The first kappa shape index (κ1) is 19.7. The number of ether oxygens (including phenoxy) is 1. The van der Waals surface area contributed by atoms with Crippen LogP contribution >= 0.6 is 0 Å². The van der Waals surface area contributed by atoms with E-state index in [4.69, 9.17) is 9.73 Å². The number of hydrogen-bond acceptors (Lipinski definition) is 2. The standard InChI is InChI=1S/C20H32FN3O/c1-5-22-19(24-11-10-16(13-24)14-25-6-2)23-15-20(3,4)17-8-7-9-18(21)12-17/h7-9,12,16H,5-6,10-11,13-15H2,1-4H3,(H,22,23). The molecule has 2 rings (SSSR count). The maximum absolute atomic E-state index is 13.5. The van der Waals surface area contributed by atoms with Gasteiger partial charge < -0.3 is 15.0 Å². The number of halogens is 1. The number of rotatable bonds is 7. The van der Waals surface area contributed by atoms with Crippen molar-refractivity contribution in [1.82, 2.24) is 10.2 Å². The van der Waals surface area contributed by atoms with Gasteiger partial charge in [0.1, 0.15) is 5.82 Å². The summed E-state index contributed by atoms with van der Waals surface area (Å²) in [6.07, 6.45) is 1.14. The molecule has 140 valence electrons. The van der Waals surface area contributed by atoms with E-state index in [0.717, 1.165) is 50.8 Å². The largest absolute Gasteiger partial charge is 0.381 e. The van der Waals surface area contributed by atoms with Crippen LogP contribution in [0.3, 0.4) is 0 Å². The lowest BCUT2D eigenvalue weighted by molar-refractivity contribution is 0.114. The van der Waals surface area contributed by atoms with Gasteiger partial charge in [0.15, 0.2) is 5.96 Å². The second-order valence-electron chi connectivity index (χ2n) is 7.32. The van der Waals surface area contributed by atoms with Crippen molar-refractivity contribution >= 4 is 5.96 Å². The molecule has 0 saturated carbocycles. The predicted molar refractivity (Wildman–Crippen MR) is 102 cm³/mol. The van der Waals surface area contributed by atoms with Crippen LogP contribution in [0.2, 0.25) is 0 Å². The van der Waals surface area contributed by atoms with Gasteiger partial charge in [0.05, 0.1) is 13.2 Å². The fourth-order valence-electron chi connectivity index (χ4n) is 3.14. The van der Waals surface area contributed by atoms with Crippen molar-refractivity contribution in [1.29, 1.82) is 0 Å². The van der Waals surface area contributed by atoms with Gasteiger partial charge in [-0.1, -0.05) is 26.0 Å². The molecule has 1 aliphatic rings. The summed E-state index contributed by atoms with van der Waals surface area (Å²) in [6.45, 7) is 13.4. The minimum atomic E-state index is -0.215. The molecule has 1 aromatic rings. The zero-order valence-electron chi connectivity index (χ0n) is 16.0. The van der Waals surface area contributed by atoms with Crippen molar-refractivity contribution in [3.05, 3.63) is 35.6 Å². The Balaban J connectivity index is 2.04. The highest BCUT2D eigenvalue weighted by molar-refractivity contribution is 5.80. The van der Waals surface area contributed by atoms with Crippen LogP contribution < -0.4 is 5.32 Å². The van der Waals surface area contributed by atoms with Crippen molar-refractivity contribution in [3.8, 4) is 0 Å². The van der Waals surface area contributed by atoms with Crippen molar-refractivity contribution in [2.75, 3.05) is 39.4 Å². The summed E-state index contributed by atoms with van der Waals surface area (Å²) in [5.41, 5.74) is 0.760. The normalized spacial score (nSPS) is 18.7. The van der Waals surface area contributed by atoms with Crippen LogP contribution in [0.1, 0.15) is 39.7 Å². The average Bonchev–Trinajstić information content (AvgIpc) is 3.05. The van der Waals surface area contributed by atoms with E-state index in [2.05, 4.69) is 31.0 Å². The number of benzene rings is 1. The smallest absolute Gasteiger partial charge is 0.193 e. The summed E-state index contributed by atoms with van der Waals surface area (Å²) in [4.78, 5) is 7.17. The average molecular weight is 349 g/mol. The SMILES string of the molecule is CCNC(=NCC(C)(C)c1cccc(F)c1)N1CCC(COCC)C1. The van der Waals surface area contributed by atoms with E-state index >= 15 is 0 Å². The van der Waals surface area contributed by atoms with Crippen LogP contribution in [0.25, 0.3) is 0 Å². The number of likely N-dealkylation sites (tertiary alicyclic amines) is 1. The van der Waals surface area contributed by atoms with E-state index in [1.165, 1.54) is 6.07 Å². The third-order valence-electron chi connectivity index (χ3n) is 4.71. The lowest BCUT2D eigenvalue weighted by atomic mass is 9.85. The molecule has 1 saturated heterocycles. The van der Waals surface area contributed by atoms with Crippen molar-refractivity contribution in [3.63, 3.8) is 0 Å². The van der Waals surface area contributed by atoms with Crippen LogP contribution in [-0.2, 0) is 10.2 Å². The van der Waals surface area contributed by atoms with E-state index < -0.39 is 0 Å². The number of guanidine groups is 1. The zero-order valence-corrected chi connectivity index (χ0v) is 16.0. The summed E-state index contributed by atoms with van der Waals surface area (Å²) >= 11 is 0. The molecule has 0 aliphatic carbocycles. The molecule has 0 spiro atoms. The number of nitrogens with one attached hydrogen (secondary N) is 1. The quantitative estimate of drug-likeness (QED) is 0.605. The highest BCUT2D eigenvalue weighted by atomic mass is 19.1. The lowest BCUT2D eigenvalue weighted by Crippen LogP contribution is -2.41. The summed E-state index contributed by atoms with van der Waals surface area (Å²) < 4.78 is 19.1. The monoisotopic (exact) mass is 349 g/mol. The Bertz CT molecular complexity index is 574. The first-order valence-corrected chi connectivity index (χ1v) is 9.33. The molecule has 0 amide bonds. The van der Waals surface area contributed by atoms with E-state index in [-0.39, 0.29) is 11.2 Å². The summed E-state index contributed by atoms with van der Waals surface area (Å²) in [5, 5.41) is 3.40. The molecule has 0 aromatic heterocycles. The summed E-state index contributed by atoms with van der Waals surface area (Å²) in [5.74, 6) is 1.32. The van der Waals surface area contributed by atoms with Gasteiger partial charge >= 0.3 is 0 Å². The molecule has 1 aromatic carbocycles. The Hall–Kier alpha value is -1.62. The second kappa shape index (κ2) is 9.18. The maximum atomic E-state index is 13.5. The Labute approximate surface area is 151 Å². The molecule has 1 unspecified atom stereocenters. The Morgan fingerprint density at radius 3 is 2.88 bits per heavy atom. The fourth-order valence-corrected chi connectivity index (χ4v) is 3.14. The third kappa shape index (κ3) is 5.70. The molecule has 1 fully saturated rings. The van der Waals surface area contributed by atoms with Crippen LogP contribution in [0, 0.1) is 11.7 Å². The maximum Gasteiger partial charge on any atom is 0.193 e. The van der Waals surface area contributed by atoms with Gasteiger partial charge in [-0.2, -0.15) is 0 Å².